The molecule has 0 saturated carbocycles. The molecule has 0 amide bonds. The predicted octanol–water partition coefficient (Wildman–Crippen LogP) is 24.8. The first-order chi connectivity index (χ1) is 43.6. The second-order valence-corrected chi connectivity index (χ2v) is 23.7. The Hall–Kier alpha value is -11.6. The Morgan fingerprint density at radius 3 is 1.25 bits per heavy atom. The van der Waals surface area contributed by atoms with Crippen LogP contribution in [0.15, 0.2) is 312 Å². The second-order valence-electron chi connectivity index (χ2n) is 23.7. The first kappa shape index (κ1) is 48.8. The van der Waals surface area contributed by atoms with Gasteiger partial charge in [0.1, 0.15) is 22.3 Å². The van der Waals surface area contributed by atoms with Crippen LogP contribution >= 0.6 is 0 Å². The van der Waals surface area contributed by atoms with Gasteiger partial charge in [0.25, 0.3) is 0 Å². The minimum absolute atomic E-state index is 0.921. The number of rotatable bonds is 5. The van der Waals surface area contributed by atoms with Crippen molar-refractivity contribution < 1.29 is 8.83 Å². The van der Waals surface area contributed by atoms with Gasteiger partial charge >= 0.3 is 0 Å². The average molecular weight is 1120 g/mol. The minimum atomic E-state index is 0.921. The first-order valence-electron chi connectivity index (χ1n) is 30.4. The van der Waals surface area contributed by atoms with E-state index in [9.17, 15) is 0 Å². The van der Waals surface area contributed by atoms with E-state index in [1.54, 1.807) is 0 Å². The summed E-state index contributed by atoms with van der Waals surface area (Å²) in [6.07, 6.45) is 0. The van der Waals surface area contributed by atoms with Crippen LogP contribution in [0.25, 0.3) is 196 Å². The highest BCUT2D eigenvalue weighted by atomic mass is 16.3. The van der Waals surface area contributed by atoms with Crippen molar-refractivity contribution in [2.75, 3.05) is 0 Å². The molecule has 0 atom stereocenters. The van der Waals surface area contributed by atoms with Gasteiger partial charge in [-0.3, -0.25) is 0 Å². The van der Waals surface area contributed by atoms with E-state index in [0.29, 0.717) is 0 Å². The third-order valence-corrected chi connectivity index (χ3v) is 19.0. The normalized spacial score (nSPS) is 12.1. The minimum Gasteiger partial charge on any atom is -0.456 e. The Labute approximate surface area is 505 Å². The molecule has 0 bridgehead atoms. The molecule has 0 spiro atoms. The van der Waals surface area contributed by atoms with E-state index in [1.165, 1.54) is 158 Å². The Bertz CT molecular complexity index is 6220. The topological polar surface area (TPSA) is 26.3 Å². The van der Waals surface area contributed by atoms with Gasteiger partial charge in [0, 0.05) is 21.5 Å². The van der Waals surface area contributed by atoms with Gasteiger partial charge in [0.2, 0.25) is 0 Å². The highest BCUT2D eigenvalue weighted by Crippen LogP contribution is 2.47. The molecule has 0 radical (unpaired) electrons. The molecule has 0 N–H and O–H groups in total. The molecule has 0 fully saturated rings. The summed E-state index contributed by atoms with van der Waals surface area (Å²) >= 11 is 0. The molecule has 0 aliphatic carbocycles. The molecule has 2 heteroatoms. The molecule has 0 saturated heterocycles. The third kappa shape index (κ3) is 7.43. The van der Waals surface area contributed by atoms with Crippen LogP contribution in [0.2, 0.25) is 0 Å². The largest absolute Gasteiger partial charge is 0.456 e. The molecular formula is C86H50O2. The number of benzene rings is 18. The molecule has 18 aromatic carbocycles. The Morgan fingerprint density at radius 1 is 0.148 bits per heavy atom. The van der Waals surface area contributed by atoms with Crippen molar-refractivity contribution in [3.8, 4) is 55.6 Å². The summed E-state index contributed by atoms with van der Waals surface area (Å²) in [5, 5.41) is 27.7. The summed E-state index contributed by atoms with van der Waals surface area (Å²) in [4.78, 5) is 0. The highest BCUT2D eigenvalue weighted by Gasteiger charge is 2.20. The van der Waals surface area contributed by atoms with Crippen molar-refractivity contribution in [2.24, 2.45) is 0 Å². The van der Waals surface area contributed by atoms with Crippen LogP contribution in [0.1, 0.15) is 0 Å². The molecule has 2 nitrogen and oxygen atoms in total. The van der Waals surface area contributed by atoms with Crippen LogP contribution in [-0.4, -0.2) is 0 Å². The Morgan fingerprint density at radius 2 is 0.568 bits per heavy atom. The van der Waals surface area contributed by atoms with E-state index < -0.39 is 0 Å². The average Bonchev–Trinajstić information content (AvgIpc) is 1.18. The van der Waals surface area contributed by atoms with Crippen molar-refractivity contribution in [1.29, 1.82) is 0 Å². The fourth-order valence-electron chi connectivity index (χ4n) is 14.9. The van der Waals surface area contributed by atoms with Gasteiger partial charge in [-0.1, -0.05) is 261 Å². The zero-order valence-corrected chi connectivity index (χ0v) is 47.7. The summed E-state index contributed by atoms with van der Waals surface area (Å²) in [5.74, 6) is 0. The van der Waals surface area contributed by atoms with Gasteiger partial charge in [0.05, 0.1) is 0 Å². The number of hydrogen-bond acceptors (Lipinski definition) is 2. The molecule has 20 aromatic rings. The molecule has 0 unspecified atom stereocenters. The summed E-state index contributed by atoms with van der Waals surface area (Å²) in [5.41, 5.74) is 16.1. The molecule has 0 aliphatic rings. The SMILES string of the molecule is c1ccc(-c2ccc(-c3ccc4ccc5c(-c6ccc7oc8cc9ccccc9cc8c7c6)ccc6ccc3c4c65)cc2)cc1.c1ccc2c(c1)ccc1cc(-c3ccc4ccc5c(-c6cccc7oc8ccccc8c67)ccc6ccc3c4c65)ccc12. The molecule has 406 valence electrons. The standard InChI is InChI=1S/C44H26O.C42H24O/c1-2-6-27(7-3-1)28-10-12-29(13-11-28)35-19-14-30-17-22-38-36(20-15-31-16-21-37(35)43(30)44(31)38)34-18-23-41-39(25-34)40-24-32-8-4-5-9-33(32)26-42(40)45-41;1-2-7-30-25(6-1)12-13-28-24-29(18-20-31(28)30)32-19-14-26-17-23-36-33(21-15-27-16-22-35(32)40(26)41(27)36)34-9-5-11-39-42(34)37-8-3-4-10-38(37)43-39/h1-26H;1-24H. The molecule has 0 aliphatic heterocycles. The van der Waals surface area contributed by atoms with E-state index in [2.05, 4.69) is 297 Å². The van der Waals surface area contributed by atoms with Crippen molar-refractivity contribution in [1.82, 2.24) is 0 Å². The van der Waals surface area contributed by atoms with Crippen molar-refractivity contribution in [3.63, 3.8) is 0 Å². The summed E-state index contributed by atoms with van der Waals surface area (Å²) in [6.45, 7) is 0. The molecule has 88 heavy (non-hydrogen) atoms. The van der Waals surface area contributed by atoms with E-state index in [-0.39, 0.29) is 0 Å². The van der Waals surface area contributed by atoms with E-state index in [1.807, 2.05) is 6.07 Å². The lowest BCUT2D eigenvalue weighted by Crippen LogP contribution is -1.90. The lowest BCUT2D eigenvalue weighted by molar-refractivity contribution is 0.669. The van der Waals surface area contributed by atoms with Gasteiger partial charge in [0.15, 0.2) is 0 Å². The summed E-state index contributed by atoms with van der Waals surface area (Å²) < 4.78 is 12.6. The molecule has 20 rings (SSSR count). The predicted molar refractivity (Wildman–Crippen MR) is 375 cm³/mol. The van der Waals surface area contributed by atoms with E-state index in [4.69, 9.17) is 8.83 Å². The Kier molecular flexibility index (Phi) is 10.5. The fourth-order valence-corrected chi connectivity index (χ4v) is 14.9. The van der Waals surface area contributed by atoms with Gasteiger partial charge < -0.3 is 8.83 Å². The highest BCUT2D eigenvalue weighted by molar-refractivity contribution is 6.30. The van der Waals surface area contributed by atoms with Crippen LogP contribution < -0.4 is 0 Å². The summed E-state index contributed by atoms with van der Waals surface area (Å²) in [6, 6.07) is 111. The maximum atomic E-state index is 6.32. The molecular weight excluding hydrogens is 1060 g/mol. The first-order valence-corrected chi connectivity index (χ1v) is 30.4. The summed E-state index contributed by atoms with van der Waals surface area (Å²) in [7, 11) is 0. The number of hydrogen-bond donors (Lipinski definition) is 0. The van der Waals surface area contributed by atoms with Crippen LogP contribution in [0, 0.1) is 0 Å². The van der Waals surface area contributed by atoms with Gasteiger partial charge in [-0.25, -0.2) is 0 Å². The van der Waals surface area contributed by atoms with Crippen molar-refractivity contribution in [2.45, 2.75) is 0 Å². The van der Waals surface area contributed by atoms with Crippen LogP contribution in [0.4, 0.5) is 0 Å². The van der Waals surface area contributed by atoms with Crippen LogP contribution in [-0.2, 0) is 0 Å². The van der Waals surface area contributed by atoms with Gasteiger partial charge in [-0.05, 0) is 195 Å². The maximum absolute atomic E-state index is 6.32. The quantitative estimate of drug-likeness (QED) is 0.161. The smallest absolute Gasteiger partial charge is 0.136 e. The molecule has 2 aromatic heterocycles. The third-order valence-electron chi connectivity index (χ3n) is 19.0. The van der Waals surface area contributed by atoms with E-state index >= 15 is 0 Å². The van der Waals surface area contributed by atoms with Gasteiger partial charge in [-0.15, -0.1) is 0 Å². The van der Waals surface area contributed by atoms with Crippen LogP contribution in [0.3, 0.4) is 0 Å². The second kappa shape index (κ2) is 19.0. The fraction of sp³-hybridized carbons (Fsp3) is 0. The van der Waals surface area contributed by atoms with Crippen LogP contribution in [0.5, 0.6) is 0 Å². The number of furan rings is 2. The number of fused-ring (bicyclic) bond motifs is 10. The zero-order valence-electron chi connectivity index (χ0n) is 47.7. The lowest BCUT2D eigenvalue weighted by atomic mass is 9.86. The molecule has 2 heterocycles. The maximum Gasteiger partial charge on any atom is 0.136 e. The monoisotopic (exact) mass is 1110 g/mol. The zero-order chi connectivity index (χ0) is 57.6. The lowest BCUT2D eigenvalue weighted by Gasteiger charge is -2.17. The number of para-hydroxylation sites is 1. The van der Waals surface area contributed by atoms with Gasteiger partial charge in [-0.2, -0.15) is 0 Å². The van der Waals surface area contributed by atoms with E-state index in [0.717, 1.165) is 38.5 Å². The van der Waals surface area contributed by atoms with Crippen molar-refractivity contribution >= 4 is 141 Å². The Balaban J connectivity index is 0.000000128. The van der Waals surface area contributed by atoms with Crippen molar-refractivity contribution in [3.05, 3.63) is 303 Å².